The molecular weight excluding hydrogens is 246 g/mol. The highest BCUT2D eigenvalue weighted by molar-refractivity contribution is 9.10. The molecule has 1 aromatic heterocycles. The molecule has 0 bridgehead atoms. The number of hydrogen-bond donors (Lipinski definition) is 0. The van der Waals surface area contributed by atoms with Gasteiger partial charge in [0.25, 0.3) is 0 Å². The highest BCUT2D eigenvalue weighted by atomic mass is 79.9. The predicted octanol–water partition coefficient (Wildman–Crippen LogP) is 3.11. The maximum Gasteiger partial charge on any atom is 0.129 e. The third kappa shape index (κ3) is 1.53. The van der Waals surface area contributed by atoms with E-state index in [0.29, 0.717) is 0 Å². The molecule has 2 rings (SSSR count). The Balaban J connectivity index is 2.61. The van der Waals surface area contributed by atoms with Crippen molar-refractivity contribution >= 4 is 15.9 Å². The van der Waals surface area contributed by atoms with E-state index < -0.39 is 0 Å². The molecule has 0 aliphatic rings. The first-order valence-electron chi connectivity index (χ1n) is 4.06. The number of hydrogen-bond acceptors (Lipinski definition) is 3. The minimum Gasteiger partial charge on any atom is -0.496 e. The number of benzene rings is 1. The lowest BCUT2D eigenvalue weighted by atomic mass is 10.1. The van der Waals surface area contributed by atoms with Crippen LogP contribution in [0.4, 0.5) is 0 Å². The Morgan fingerprint density at radius 3 is 2.86 bits per heavy atom. The zero-order valence-electron chi connectivity index (χ0n) is 7.53. The van der Waals surface area contributed by atoms with Crippen LogP contribution < -0.4 is 4.74 Å². The standard InChI is InChI=1S/C10H8BrNO2/c1-13-9-4-2-3-7(11)10(9)8-5-6-14-12-8/h2-6H,1H3. The SMILES string of the molecule is COc1cccc(Br)c1-c1ccon1. The van der Waals surface area contributed by atoms with Crippen LogP contribution >= 0.6 is 15.9 Å². The number of ether oxygens (including phenoxy) is 1. The van der Waals surface area contributed by atoms with Gasteiger partial charge >= 0.3 is 0 Å². The van der Waals surface area contributed by atoms with Crippen molar-refractivity contribution in [2.24, 2.45) is 0 Å². The molecule has 0 N–H and O–H groups in total. The monoisotopic (exact) mass is 253 g/mol. The van der Waals surface area contributed by atoms with Gasteiger partial charge in [0.1, 0.15) is 17.7 Å². The first-order chi connectivity index (χ1) is 6.83. The van der Waals surface area contributed by atoms with Crippen molar-refractivity contribution < 1.29 is 9.26 Å². The molecule has 0 radical (unpaired) electrons. The molecule has 0 saturated carbocycles. The highest BCUT2D eigenvalue weighted by Crippen LogP contribution is 2.35. The van der Waals surface area contributed by atoms with Gasteiger partial charge in [0, 0.05) is 10.5 Å². The van der Waals surface area contributed by atoms with Gasteiger partial charge in [-0.05, 0) is 28.1 Å². The van der Waals surface area contributed by atoms with E-state index in [4.69, 9.17) is 9.26 Å². The summed E-state index contributed by atoms with van der Waals surface area (Å²) >= 11 is 3.45. The molecule has 0 unspecified atom stereocenters. The summed E-state index contributed by atoms with van der Waals surface area (Å²) in [5, 5.41) is 3.87. The quantitative estimate of drug-likeness (QED) is 0.825. The second-order valence-corrected chi connectivity index (χ2v) is 3.56. The van der Waals surface area contributed by atoms with Crippen LogP contribution in [0.2, 0.25) is 0 Å². The number of methoxy groups -OCH3 is 1. The molecule has 4 heteroatoms. The Labute approximate surface area is 89.8 Å². The van der Waals surface area contributed by atoms with E-state index in [-0.39, 0.29) is 0 Å². The average molecular weight is 254 g/mol. The smallest absolute Gasteiger partial charge is 0.129 e. The van der Waals surface area contributed by atoms with Gasteiger partial charge in [-0.3, -0.25) is 0 Å². The molecule has 0 fully saturated rings. The lowest BCUT2D eigenvalue weighted by molar-refractivity contribution is 0.411. The fourth-order valence-electron chi connectivity index (χ4n) is 1.26. The van der Waals surface area contributed by atoms with E-state index in [1.165, 1.54) is 6.26 Å². The maximum absolute atomic E-state index is 5.24. The van der Waals surface area contributed by atoms with Crippen LogP contribution in [0.15, 0.2) is 39.5 Å². The molecule has 0 aliphatic heterocycles. The first kappa shape index (κ1) is 9.27. The minimum atomic E-state index is 0.759. The van der Waals surface area contributed by atoms with Crippen LogP contribution in [-0.4, -0.2) is 12.3 Å². The van der Waals surface area contributed by atoms with Gasteiger partial charge in [0.05, 0.1) is 12.7 Å². The van der Waals surface area contributed by atoms with Crippen LogP contribution in [0.25, 0.3) is 11.3 Å². The molecular formula is C10H8BrNO2. The Bertz CT molecular complexity index is 426. The molecule has 3 nitrogen and oxygen atoms in total. The molecule has 0 saturated heterocycles. The van der Waals surface area contributed by atoms with Gasteiger partial charge in [-0.25, -0.2) is 0 Å². The Kier molecular flexibility index (Phi) is 2.54. The van der Waals surface area contributed by atoms with Crippen LogP contribution in [-0.2, 0) is 0 Å². The van der Waals surface area contributed by atoms with Gasteiger partial charge in [-0.2, -0.15) is 0 Å². The number of nitrogens with zero attached hydrogens (tertiary/aromatic N) is 1. The van der Waals surface area contributed by atoms with Crippen molar-refractivity contribution in [2.75, 3.05) is 7.11 Å². The molecule has 0 aliphatic carbocycles. The summed E-state index contributed by atoms with van der Waals surface area (Å²) in [5.41, 5.74) is 1.66. The summed E-state index contributed by atoms with van der Waals surface area (Å²) in [6, 6.07) is 7.52. The number of aromatic nitrogens is 1. The molecule has 1 heterocycles. The lowest BCUT2D eigenvalue weighted by Gasteiger charge is -2.06. The van der Waals surface area contributed by atoms with E-state index >= 15 is 0 Å². The van der Waals surface area contributed by atoms with Crippen LogP contribution in [0.1, 0.15) is 0 Å². The molecule has 2 aromatic rings. The summed E-state index contributed by atoms with van der Waals surface area (Å²) in [5.74, 6) is 0.772. The Hall–Kier alpha value is -1.29. The average Bonchev–Trinajstić information content (AvgIpc) is 2.70. The first-order valence-corrected chi connectivity index (χ1v) is 4.85. The normalized spacial score (nSPS) is 10.1. The third-order valence-corrected chi connectivity index (χ3v) is 2.55. The fourth-order valence-corrected chi connectivity index (χ4v) is 1.82. The second kappa shape index (κ2) is 3.84. The van der Waals surface area contributed by atoms with Gasteiger partial charge in [0.2, 0.25) is 0 Å². The number of rotatable bonds is 2. The van der Waals surface area contributed by atoms with Gasteiger partial charge in [-0.1, -0.05) is 11.2 Å². The van der Waals surface area contributed by atoms with Crippen molar-refractivity contribution in [2.45, 2.75) is 0 Å². The zero-order valence-corrected chi connectivity index (χ0v) is 9.11. The molecule has 1 aromatic carbocycles. The molecule has 0 spiro atoms. The van der Waals surface area contributed by atoms with Gasteiger partial charge in [-0.15, -0.1) is 0 Å². The minimum absolute atomic E-state index is 0.759. The van der Waals surface area contributed by atoms with Crippen LogP contribution in [0, 0.1) is 0 Å². The van der Waals surface area contributed by atoms with Crippen molar-refractivity contribution in [1.82, 2.24) is 5.16 Å². The van der Waals surface area contributed by atoms with Crippen molar-refractivity contribution in [3.05, 3.63) is 35.0 Å². The van der Waals surface area contributed by atoms with Crippen molar-refractivity contribution in [3.8, 4) is 17.0 Å². The van der Waals surface area contributed by atoms with E-state index in [1.807, 2.05) is 18.2 Å². The molecule has 72 valence electrons. The largest absolute Gasteiger partial charge is 0.496 e. The summed E-state index contributed by atoms with van der Waals surface area (Å²) in [6.07, 6.45) is 1.54. The Morgan fingerprint density at radius 2 is 2.21 bits per heavy atom. The van der Waals surface area contributed by atoms with Crippen molar-refractivity contribution in [1.29, 1.82) is 0 Å². The summed E-state index contributed by atoms with van der Waals surface area (Å²) in [7, 11) is 1.63. The zero-order chi connectivity index (χ0) is 9.97. The number of halogens is 1. The van der Waals surface area contributed by atoms with Crippen LogP contribution in [0.3, 0.4) is 0 Å². The van der Waals surface area contributed by atoms with Crippen molar-refractivity contribution in [3.63, 3.8) is 0 Å². The summed E-state index contributed by atoms with van der Waals surface area (Å²) in [6.45, 7) is 0. The molecule has 14 heavy (non-hydrogen) atoms. The van der Waals surface area contributed by atoms with Gasteiger partial charge < -0.3 is 9.26 Å². The topological polar surface area (TPSA) is 35.3 Å². The fraction of sp³-hybridized carbons (Fsp3) is 0.100. The Morgan fingerprint density at radius 1 is 1.36 bits per heavy atom. The molecule has 0 amide bonds. The third-order valence-electron chi connectivity index (χ3n) is 1.89. The van der Waals surface area contributed by atoms with Gasteiger partial charge in [0.15, 0.2) is 0 Å². The maximum atomic E-state index is 5.24. The lowest BCUT2D eigenvalue weighted by Crippen LogP contribution is -1.88. The highest BCUT2D eigenvalue weighted by Gasteiger charge is 2.11. The predicted molar refractivity (Wildman–Crippen MR) is 56.2 cm³/mol. The van der Waals surface area contributed by atoms with E-state index in [0.717, 1.165) is 21.5 Å². The summed E-state index contributed by atoms with van der Waals surface area (Å²) < 4.78 is 11.0. The second-order valence-electron chi connectivity index (χ2n) is 2.70. The summed E-state index contributed by atoms with van der Waals surface area (Å²) in [4.78, 5) is 0. The van der Waals surface area contributed by atoms with E-state index in [1.54, 1.807) is 13.2 Å². The van der Waals surface area contributed by atoms with Crippen LogP contribution in [0.5, 0.6) is 5.75 Å². The molecule has 0 atom stereocenters. The van der Waals surface area contributed by atoms with E-state index in [9.17, 15) is 0 Å². The van der Waals surface area contributed by atoms with E-state index in [2.05, 4.69) is 21.1 Å².